The van der Waals surface area contributed by atoms with Crippen LogP contribution < -0.4 is 10.6 Å². The molecule has 0 aliphatic carbocycles. The Bertz CT molecular complexity index is 330. The predicted octanol–water partition coefficient (Wildman–Crippen LogP) is 1.67. The van der Waals surface area contributed by atoms with E-state index in [1.54, 1.807) is 18.3 Å². The number of halogens is 1. The Balaban J connectivity index is 2.41. The number of carbonyl (C=O) groups is 1. The number of hydrogen-bond acceptors (Lipinski definition) is 3. The Hall–Kier alpha value is -1.13. The zero-order chi connectivity index (χ0) is 11.1. The molecule has 0 bridgehead atoms. The van der Waals surface area contributed by atoms with Crippen LogP contribution in [0.15, 0.2) is 18.3 Å². The number of hydrogen-bond donors (Lipinski definition) is 2. The minimum Gasteiger partial charge on any atom is -0.308 e. The molecule has 4 nitrogen and oxygen atoms in total. The summed E-state index contributed by atoms with van der Waals surface area (Å²) in [5.74, 6) is 0.270. The van der Waals surface area contributed by atoms with Crippen LogP contribution in [0.25, 0.3) is 0 Å². The summed E-state index contributed by atoms with van der Waals surface area (Å²) in [7, 11) is 0. The van der Waals surface area contributed by atoms with Gasteiger partial charge in [-0.3, -0.25) is 4.79 Å². The molecule has 0 fully saturated rings. The van der Waals surface area contributed by atoms with Crippen molar-refractivity contribution in [3.63, 3.8) is 0 Å². The van der Waals surface area contributed by atoms with E-state index in [4.69, 9.17) is 11.6 Å². The monoisotopic (exact) mass is 227 g/mol. The van der Waals surface area contributed by atoms with Crippen molar-refractivity contribution < 1.29 is 4.79 Å². The summed E-state index contributed by atoms with van der Waals surface area (Å²) in [6.45, 7) is 3.14. The van der Waals surface area contributed by atoms with Crippen LogP contribution in [-0.4, -0.2) is 24.0 Å². The van der Waals surface area contributed by atoms with Crippen LogP contribution >= 0.6 is 11.6 Å². The predicted molar refractivity (Wildman–Crippen MR) is 61.0 cm³/mol. The van der Waals surface area contributed by atoms with Gasteiger partial charge in [0.2, 0.25) is 5.91 Å². The van der Waals surface area contributed by atoms with Crippen molar-refractivity contribution in [1.29, 1.82) is 0 Å². The molecule has 1 amide bonds. The fourth-order valence-electron chi connectivity index (χ4n) is 1.03. The number of nitrogens with one attached hydrogen (secondary N) is 2. The average Bonchev–Trinajstić information content (AvgIpc) is 2.22. The number of rotatable bonds is 5. The minimum atomic E-state index is -0.135. The second kappa shape index (κ2) is 6.37. The first-order valence-electron chi connectivity index (χ1n) is 4.85. The summed E-state index contributed by atoms with van der Waals surface area (Å²) in [5.41, 5.74) is 0. The number of amides is 1. The van der Waals surface area contributed by atoms with Gasteiger partial charge in [0.25, 0.3) is 0 Å². The van der Waals surface area contributed by atoms with E-state index in [-0.39, 0.29) is 12.5 Å². The first-order valence-corrected chi connectivity index (χ1v) is 5.23. The first kappa shape index (κ1) is 11.9. The molecule has 15 heavy (non-hydrogen) atoms. The van der Waals surface area contributed by atoms with Gasteiger partial charge >= 0.3 is 0 Å². The maximum Gasteiger partial charge on any atom is 0.239 e. The summed E-state index contributed by atoms with van der Waals surface area (Å²) in [4.78, 5) is 15.3. The van der Waals surface area contributed by atoms with E-state index < -0.39 is 0 Å². The Kier molecular flexibility index (Phi) is 5.07. The second-order valence-corrected chi connectivity index (χ2v) is 3.47. The van der Waals surface area contributed by atoms with Gasteiger partial charge in [-0.25, -0.2) is 4.98 Å². The molecule has 0 unspecified atom stereocenters. The minimum absolute atomic E-state index is 0.135. The molecule has 1 aromatic heterocycles. The van der Waals surface area contributed by atoms with Crippen LogP contribution in [0.5, 0.6) is 0 Å². The third kappa shape index (κ3) is 4.27. The number of pyridine rings is 1. The van der Waals surface area contributed by atoms with Crippen molar-refractivity contribution in [3.8, 4) is 0 Å². The Labute approximate surface area is 94.0 Å². The van der Waals surface area contributed by atoms with Gasteiger partial charge in [-0.2, -0.15) is 0 Å². The van der Waals surface area contributed by atoms with Gasteiger partial charge < -0.3 is 10.6 Å². The van der Waals surface area contributed by atoms with Crippen LogP contribution in [0.4, 0.5) is 5.82 Å². The lowest BCUT2D eigenvalue weighted by atomic mass is 10.4. The topological polar surface area (TPSA) is 54.0 Å². The van der Waals surface area contributed by atoms with Crippen LogP contribution in [0.1, 0.15) is 13.3 Å². The lowest BCUT2D eigenvalue weighted by Gasteiger charge is -2.06. The lowest BCUT2D eigenvalue weighted by Crippen LogP contribution is -2.28. The molecule has 0 saturated carbocycles. The molecule has 5 heteroatoms. The summed E-state index contributed by atoms with van der Waals surface area (Å²) < 4.78 is 0. The quantitative estimate of drug-likeness (QED) is 0.753. The molecule has 0 saturated heterocycles. The smallest absolute Gasteiger partial charge is 0.239 e. The van der Waals surface area contributed by atoms with Crippen LogP contribution in [0.2, 0.25) is 5.02 Å². The fraction of sp³-hybridized carbons (Fsp3) is 0.400. The molecular formula is C10H14ClN3O. The van der Waals surface area contributed by atoms with Gasteiger partial charge in [0.05, 0.1) is 11.6 Å². The number of aromatic nitrogens is 1. The molecule has 1 aromatic rings. The summed E-state index contributed by atoms with van der Waals surface area (Å²) in [5, 5.41) is 6.06. The van der Waals surface area contributed by atoms with E-state index in [0.29, 0.717) is 10.8 Å². The molecule has 0 aromatic carbocycles. The molecule has 82 valence electrons. The molecule has 0 spiro atoms. The zero-order valence-corrected chi connectivity index (χ0v) is 9.34. The molecule has 2 N–H and O–H groups in total. The van der Waals surface area contributed by atoms with Gasteiger partial charge in [-0.05, 0) is 25.1 Å². The fourth-order valence-corrected chi connectivity index (χ4v) is 1.20. The highest BCUT2D eigenvalue weighted by atomic mass is 35.5. The van der Waals surface area contributed by atoms with Crippen LogP contribution in [-0.2, 0) is 4.79 Å². The lowest BCUT2D eigenvalue weighted by molar-refractivity contribution is -0.115. The number of nitrogens with zero attached hydrogens (tertiary/aromatic N) is 1. The first-order chi connectivity index (χ1) is 7.24. The molecule has 0 aliphatic rings. The Morgan fingerprint density at radius 3 is 3.07 bits per heavy atom. The second-order valence-electron chi connectivity index (χ2n) is 3.06. The third-order valence-corrected chi connectivity index (χ3v) is 2.03. The maximum absolute atomic E-state index is 11.4. The molecule has 1 rings (SSSR count). The van der Waals surface area contributed by atoms with Gasteiger partial charge in [0.1, 0.15) is 0 Å². The van der Waals surface area contributed by atoms with Crippen LogP contribution in [0, 0.1) is 0 Å². The average molecular weight is 228 g/mol. The molecule has 0 aliphatic heterocycles. The van der Waals surface area contributed by atoms with E-state index in [1.165, 1.54) is 0 Å². The normalized spacial score (nSPS) is 10.0. The summed E-state index contributed by atoms with van der Waals surface area (Å²) in [6, 6.07) is 3.40. The highest BCUT2D eigenvalue weighted by Crippen LogP contribution is 2.16. The largest absolute Gasteiger partial charge is 0.308 e. The third-order valence-electron chi connectivity index (χ3n) is 1.73. The van der Waals surface area contributed by atoms with E-state index in [9.17, 15) is 4.79 Å². The summed E-state index contributed by atoms with van der Waals surface area (Å²) >= 11 is 5.83. The van der Waals surface area contributed by atoms with Crippen molar-refractivity contribution in [2.75, 3.05) is 18.4 Å². The van der Waals surface area contributed by atoms with E-state index >= 15 is 0 Å². The van der Waals surface area contributed by atoms with Crippen molar-refractivity contribution >= 4 is 23.3 Å². The Morgan fingerprint density at radius 1 is 1.60 bits per heavy atom. The molecule has 0 radical (unpaired) electrons. The maximum atomic E-state index is 11.4. The van der Waals surface area contributed by atoms with Crippen molar-refractivity contribution in [1.82, 2.24) is 10.3 Å². The summed E-state index contributed by atoms with van der Waals surface area (Å²) in [6.07, 6.45) is 2.58. The van der Waals surface area contributed by atoms with E-state index in [1.807, 2.05) is 6.92 Å². The van der Waals surface area contributed by atoms with E-state index in [0.717, 1.165) is 13.0 Å². The SMILES string of the molecule is CCCNCC(=O)Nc1ncccc1Cl. The zero-order valence-electron chi connectivity index (χ0n) is 8.59. The van der Waals surface area contributed by atoms with E-state index in [2.05, 4.69) is 15.6 Å². The number of anilines is 1. The standard InChI is InChI=1S/C10H14ClN3O/c1-2-5-12-7-9(15)14-10-8(11)4-3-6-13-10/h3-4,6,12H,2,5,7H2,1H3,(H,13,14,15). The Morgan fingerprint density at radius 2 is 2.40 bits per heavy atom. The van der Waals surface area contributed by atoms with Crippen LogP contribution in [0.3, 0.4) is 0 Å². The molecule has 1 heterocycles. The van der Waals surface area contributed by atoms with Gasteiger partial charge in [0.15, 0.2) is 5.82 Å². The number of carbonyl (C=O) groups excluding carboxylic acids is 1. The van der Waals surface area contributed by atoms with Crippen molar-refractivity contribution in [2.24, 2.45) is 0 Å². The van der Waals surface area contributed by atoms with Gasteiger partial charge in [0, 0.05) is 6.20 Å². The highest BCUT2D eigenvalue weighted by molar-refractivity contribution is 6.33. The molecule has 0 atom stereocenters. The van der Waals surface area contributed by atoms with Crippen molar-refractivity contribution in [3.05, 3.63) is 23.4 Å². The highest BCUT2D eigenvalue weighted by Gasteiger charge is 2.05. The molecular weight excluding hydrogens is 214 g/mol. The van der Waals surface area contributed by atoms with Gasteiger partial charge in [-0.15, -0.1) is 0 Å². The van der Waals surface area contributed by atoms with Crippen molar-refractivity contribution in [2.45, 2.75) is 13.3 Å². The van der Waals surface area contributed by atoms with Gasteiger partial charge in [-0.1, -0.05) is 18.5 Å².